The Labute approximate surface area is 248 Å². The number of benzene rings is 2. The number of carbonyl (C=O) groups excluding carboxylic acids is 1. The summed E-state index contributed by atoms with van der Waals surface area (Å²) in [5, 5.41) is 10.9. The Kier molecular flexibility index (Phi) is 8.58. The van der Waals surface area contributed by atoms with Crippen LogP contribution in [0.5, 0.6) is 5.75 Å². The molecule has 1 saturated carbocycles. The van der Waals surface area contributed by atoms with Crippen molar-refractivity contribution in [1.82, 2.24) is 18.5 Å². The lowest BCUT2D eigenvalue weighted by molar-refractivity contribution is 0.0979. The van der Waals surface area contributed by atoms with Crippen LogP contribution in [0.3, 0.4) is 0 Å². The van der Waals surface area contributed by atoms with Gasteiger partial charge in [-0.2, -0.15) is 12.7 Å². The highest BCUT2D eigenvalue weighted by atomic mass is 32.2. The standard InChI is InChI=1S/C32H42N4O5S/c1-34-15-7-16-35(18-19-37)17-14-23-21-36-28-20-25(32(38)33-42(34,39)40)12-13-26(28)30(24-8-3-2-4-9-24)31(36)27-10-5-6-11-29(27)41-22-23/h5-6,10-13,20,23-24,37H,2-4,7-9,14-19,21-22H2,1H3,(H,33,38)/t23-/m0/s1. The summed E-state index contributed by atoms with van der Waals surface area (Å²) in [7, 11) is -2.52. The summed E-state index contributed by atoms with van der Waals surface area (Å²) in [5.41, 5.74) is 4.85. The molecule has 1 amide bonds. The highest BCUT2D eigenvalue weighted by molar-refractivity contribution is 7.87. The first-order chi connectivity index (χ1) is 20.4. The third-order valence-corrected chi connectivity index (χ3v) is 10.7. The molecule has 226 valence electrons. The van der Waals surface area contributed by atoms with Gasteiger partial charge in [0, 0.05) is 54.6 Å². The average molecular weight is 595 g/mol. The lowest BCUT2D eigenvalue weighted by Gasteiger charge is -2.29. The minimum Gasteiger partial charge on any atom is -0.493 e. The van der Waals surface area contributed by atoms with E-state index < -0.39 is 16.1 Å². The maximum atomic E-state index is 13.4. The fourth-order valence-electron chi connectivity index (χ4n) is 7.02. The molecule has 1 aromatic heterocycles. The van der Waals surface area contributed by atoms with Crippen LogP contribution in [-0.4, -0.2) is 79.6 Å². The summed E-state index contributed by atoms with van der Waals surface area (Å²) >= 11 is 0. The highest BCUT2D eigenvalue weighted by Gasteiger charge is 2.31. The van der Waals surface area contributed by atoms with E-state index in [2.05, 4.69) is 32.4 Å². The van der Waals surface area contributed by atoms with Crippen LogP contribution < -0.4 is 9.46 Å². The van der Waals surface area contributed by atoms with Gasteiger partial charge in [-0.15, -0.1) is 0 Å². The van der Waals surface area contributed by atoms with Gasteiger partial charge in [0.15, 0.2) is 0 Å². The normalized spacial score (nSPS) is 22.8. The molecule has 3 aliphatic rings. The molecule has 3 aromatic rings. The van der Waals surface area contributed by atoms with E-state index in [-0.39, 0.29) is 19.1 Å². The number of hydrogen-bond donors (Lipinski definition) is 2. The van der Waals surface area contributed by atoms with Crippen molar-refractivity contribution in [2.45, 2.75) is 57.4 Å². The molecule has 0 radical (unpaired) electrons. The molecule has 3 heterocycles. The zero-order valence-corrected chi connectivity index (χ0v) is 25.2. The van der Waals surface area contributed by atoms with Crippen molar-refractivity contribution in [2.24, 2.45) is 5.92 Å². The maximum absolute atomic E-state index is 13.4. The minimum atomic E-state index is -4.01. The molecule has 0 spiro atoms. The number of fused-ring (bicyclic) bond motifs is 4. The number of ether oxygens (including phenoxy) is 1. The molecule has 9 nitrogen and oxygen atoms in total. The lowest BCUT2D eigenvalue weighted by Crippen LogP contribution is -2.42. The number of β-amino-alcohol motifs (C(OH)–C–C–N with tert-alkyl or cyclic N) is 1. The number of carbonyl (C=O) groups is 1. The molecule has 42 heavy (non-hydrogen) atoms. The van der Waals surface area contributed by atoms with Crippen LogP contribution in [-0.2, 0) is 16.8 Å². The fourth-order valence-corrected chi connectivity index (χ4v) is 7.89. The number of aromatic nitrogens is 1. The first kappa shape index (κ1) is 29.2. The second kappa shape index (κ2) is 12.4. The number of aliphatic hydroxyl groups excluding tert-OH is 1. The summed E-state index contributed by atoms with van der Waals surface area (Å²) in [6.45, 7) is 3.56. The van der Waals surface area contributed by atoms with E-state index in [4.69, 9.17) is 4.74 Å². The first-order valence-corrected chi connectivity index (χ1v) is 16.8. The molecule has 2 aliphatic heterocycles. The molecule has 2 aromatic carbocycles. The van der Waals surface area contributed by atoms with Crippen LogP contribution in [0.1, 0.15) is 66.8 Å². The molecule has 4 bridgehead atoms. The molecule has 1 atom stereocenters. The van der Waals surface area contributed by atoms with Crippen molar-refractivity contribution in [3.63, 3.8) is 0 Å². The van der Waals surface area contributed by atoms with Crippen molar-refractivity contribution < 1.29 is 23.1 Å². The van der Waals surface area contributed by atoms with Crippen LogP contribution >= 0.6 is 0 Å². The van der Waals surface area contributed by atoms with Gasteiger partial charge >= 0.3 is 10.2 Å². The van der Waals surface area contributed by atoms with Crippen molar-refractivity contribution >= 4 is 27.0 Å². The van der Waals surface area contributed by atoms with Crippen molar-refractivity contribution in [3.05, 3.63) is 53.6 Å². The van der Waals surface area contributed by atoms with E-state index in [1.165, 1.54) is 36.2 Å². The van der Waals surface area contributed by atoms with Crippen molar-refractivity contribution in [3.8, 4) is 17.0 Å². The van der Waals surface area contributed by atoms with E-state index in [1.807, 2.05) is 18.2 Å². The number of rotatable bonds is 3. The quantitative estimate of drug-likeness (QED) is 0.467. The second-order valence-corrected chi connectivity index (χ2v) is 13.9. The van der Waals surface area contributed by atoms with Gasteiger partial charge < -0.3 is 19.3 Å². The number of hydrogen-bond acceptors (Lipinski definition) is 6. The molecular weight excluding hydrogens is 552 g/mol. The molecule has 0 saturated heterocycles. The molecule has 1 aliphatic carbocycles. The van der Waals surface area contributed by atoms with Crippen LogP contribution in [0.4, 0.5) is 0 Å². The zero-order valence-electron chi connectivity index (χ0n) is 24.4. The van der Waals surface area contributed by atoms with Gasteiger partial charge in [0.2, 0.25) is 0 Å². The van der Waals surface area contributed by atoms with Gasteiger partial charge in [-0.25, -0.2) is 4.72 Å². The molecule has 0 unspecified atom stereocenters. The smallest absolute Gasteiger partial charge is 0.303 e. The predicted molar refractivity (Wildman–Crippen MR) is 164 cm³/mol. The number of nitrogens with one attached hydrogen (secondary N) is 1. The Morgan fingerprint density at radius 2 is 1.81 bits per heavy atom. The third kappa shape index (κ3) is 5.82. The summed E-state index contributed by atoms with van der Waals surface area (Å²) in [6.07, 6.45) is 7.36. The largest absolute Gasteiger partial charge is 0.493 e. The van der Waals surface area contributed by atoms with Crippen molar-refractivity contribution in [2.75, 3.05) is 46.4 Å². The van der Waals surface area contributed by atoms with Gasteiger partial charge in [-0.3, -0.25) is 4.79 Å². The van der Waals surface area contributed by atoms with Gasteiger partial charge in [0.25, 0.3) is 5.91 Å². The van der Waals surface area contributed by atoms with Gasteiger partial charge in [-0.05, 0) is 74.5 Å². The van der Waals surface area contributed by atoms with Crippen LogP contribution in [0, 0.1) is 5.92 Å². The summed E-state index contributed by atoms with van der Waals surface area (Å²) < 4.78 is 38.5. The predicted octanol–water partition coefficient (Wildman–Crippen LogP) is 4.36. The van der Waals surface area contributed by atoms with E-state index in [0.717, 1.165) is 60.3 Å². The number of para-hydroxylation sites is 1. The summed E-state index contributed by atoms with van der Waals surface area (Å²) in [5.74, 6) is 0.864. The van der Waals surface area contributed by atoms with Crippen LogP contribution in [0.2, 0.25) is 0 Å². The number of nitrogens with zero attached hydrogens (tertiary/aromatic N) is 3. The van der Waals surface area contributed by atoms with E-state index in [9.17, 15) is 18.3 Å². The Hall–Kier alpha value is -2.92. The third-order valence-electron chi connectivity index (χ3n) is 9.29. The molecule has 6 rings (SSSR count). The monoisotopic (exact) mass is 594 g/mol. The van der Waals surface area contributed by atoms with Crippen LogP contribution in [0.25, 0.3) is 22.2 Å². The van der Waals surface area contributed by atoms with E-state index in [1.54, 1.807) is 6.07 Å². The van der Waals surface area contributed by atoms with E-state index >= 15 is 0 Å². The van der Waals surface area contributed by atoms with Gasteiger partial charge in [-0.1, -0.05) is 37.5 Å². The Bertz CT molecular complexity index is 1550. The lowest BCUT2D eigenvalue weighted by atomic mass is 9.81. The topological polar surface area (TPSA) is 104 Å². The Morgan fingerprint density at radius 1 is 1.00 bits per heavy atom. The summed E-state index contributed by atoms with van der Waals surface area (Å²) in [6, 6.07) is 13.9. The van der Waals surface area contributed by atoms with Gasteiger partial charge in [0.1, 0.15) is 5.75 Å². The fraction of sp³-hybridized carbons (Fsp3) is 0.531. The first-order valence-electron chi connectivity index (χ1n) is 15.4. The molecule has 2 N–H and O–H groups in total. The Morgan fingerprint density at radius 3 is 2.62 bits per heavy atom. The summed E-state index contributed by atoms with van der Waals surface area (Å²) in [4.78, 5) is 15.6. The van der Waals surface area contributed by atoms with E-state index in [0.29, 0.717) is 37.6 Å². The molecular formula is C32H42N4O5S. The van der Waals surface area contributed by atoms with Gasteiger partial charge in [0.05, 0.1) is 18.9 Å². The number of aliphatic hydroxyl groups is 1. The van der Waals surface area contributed by atoms with Crippen LogP contribution in [0.15, 0.2) is 42.5 Å². The second-order valence-electron chi connectivity index (χ2n) is 12.1. The Balaban J connectivity index is 1.54. The average Bonchev–Trinajstić information content (AvgIpc) is 3.29. The SMILES string of the molecule is CN1CCCN(CCO)CC[C@@H]2COc3ccccc3-c3c(C4CCCCC4)c4ccc(cc4n3C2)C(=O)NS1(=O)=O. The molecule has 1 fully saturated rings. The number of amides is 1. The maximum Gasteiger partial charge on any atom is 0.303 e. The molecule has 10 heteroatoms. The van der Waals surface area contributed by atoms with Crippen molar-refractivity contribution in [1.29, 1.82) is 0 Å². The zero-order chi connectivity index (χ0) is 29.3. The highest BCUT2D eigenvalue weighted by Crippen LogP contribution is 2.47. The minimum absolute atomic E-state index is 0.0403.